The topological polar surface area (TPSA) is 62.7 Å². The molecule has 2 N–H and O–H groups in total. The highest BCUT2D eigenvalue weighted by Crippen LogP contribution is 2.22. The molecule has 1 aromatic carbocycles. The zero-order chi connectivity index (χ0) is 14.5. The molecule has 1 aromatic heterocycles. The highest BCUT2D eigenvalue weighted by Gasteiger charge is 2.05. The van der Waals surface area contributed by atoms with Crippen LogP contribution in [0.25, 0.3) is 0 Å². The standard InChI is InChI=1S/C13H15BrClN5/c1-3-6-16-12-18-11(15)19-13(20-12)17-9-4-5-10(14)8(2)7-9/h4-5,7H,3,6H2,1-2H3,(H2,16,17,18,19,20). The van der Waals surface area contributed by atoms with Crippen LogP contribution in [0.3, 0.4) is 0 Å². The highest BCUT2D eigenvalue weighted by molar-refractivity contribution is 9.10. The number of nitrogens with one attached hydrogen (secondary N) is 2. The Balaban J connectivity index is 2.19. The lowest BCUT2D eigenvalue weighted by Gasteiger charge is -2.09. The Kier molecular flexibility index (Phi) is 5.14. The average molecular weight is 357 g/mol. The zero-order valence-electron chi connectivity index (χ0n) is 11.2. The maximum atomic E-state index is 5.90. The number of halogens is 2. The number of hydrogen-bond acceptors (Lipinski definition) is 5. The number of rotatable bonds is 5. The lowest BCUT2D eigenvalue weighted by atomic mass is 10.2. The minimum Gasteiger partial charge on any atom is -0.354 e. The van der Waals surface area contributed by atoms with Gasteiger partial charge in [-0.25, -0.2) is 0 Å². The van der Waals surface area contributed by atoms with Crippen molar-refractivity contribution in [1.29, 1.82) is 0 Å². The number of benzene rings is 1. The molecule has 0 unspecified atom stereocenters. The SMILES string of the molecule is CCCNc1nc(Cl)nc(Nc2ccc(Br)c(C)c2)n1. The fraction of sp³-hybridized carbons (Fsp3) is 0.308. The van der Waals surface area contributed by atoms with Crippen LogP contribution in [-0.2, 0) is 0 Å². The predicted octanol–water partition coefficient (Wildman–Crippen LogP) is 4.16. The quantitative estimate of drug-likeness (QED) is 0.842. The molecule has 20 heavy (non-hydrogen) atoms. The van der Waals surface area contributed by atoms with Crippen LogP contribution in [0.15, 0.2) is 22.7 Å². The van der Waals surface area contributed by atoms with E-state index in [0.29, 0.717) is 11.9 Å². The van der Waals surface area contributed by atoms with E-state index >= 15 is 0 Å². The summed E-state index contributed by atoms with van der Waals surface area (Å²) in [7, 11) is 0. The van der Waals surface area contributed by atoms with Crippen LogP contribution >= 0.6 is 27.5 Å². The molecule has 0 saturated heterocycles. The third-order valence-electron chi connectivity index (χ3n) is 2.56. The molecule has 0 aliphatic heterocycles. The largest absolute Gasteiger partial charge is 0.354 e. The third-order valence-corrected chi connectivity index (χ3v) is 3.61. The molecule has 0 amide bonds. The number of nitrogens with zero attached hydrogens (tertiary/aromatic N) is 3. The molecule has 5 nitrogen and oxygen atoms in total. The maximum absolute atomic E-state index is 5.90. The summed E-state index contributed by atoms with van der Waals surface area (Å²) in [6.07, 6.45) is 0.984. The fourth-order valence-electron chi connectivity index (χ4n) is 1.57. The molecule has 0 aliphatic rings. The number of anilines is 3. The first-order valence-electron chi connectivity index (χ1n) is 6.27. The first kappa shape index (κ1) is 15.0. The van der Waals surface area contributed by atoms with Gasteiger partial charge in [-0.1, -0.05) is 22.9 Å². The Hall–Kier alpha value is -1.40. The predicted molar refractivity (Wildman–Crippen MR) is 85.8 cm³/mol. The van der Waals surface area contributed by atoms with E-state index in [9.17, 15) is 0 Å². The summed E-state index contributed by atoms with van der Waals surface area (Å²) < 4.78 is 1.06. The first-order valence-corrected chi connectivity index (χ1v) is 7.44. The third kappa shape index (κ3) is 4.05. The minimum absolute atomic E-state index is 0.162. The van der Waals surface area contributed by atoms with Gasteiger partial charge in [-0.05, 0) is 48.7 Å². The zero-order valence-corrected chi connectivity index (χ0v) is 13.6. The van der Waals surface area contributed by atoms with Crippen molar-refractivity contribution < 1.29 is 0 Å². The van der Waals surface area contributed by atoms with E-state index in [4.69, 9.17) is 11.6 Å². The van der Waals surface area contributed by atoms with Crippen molar-refractivity contribution in [3.63, 3.8) is 0 Å². The monoisotopic (exact) mass is 355 g/mol. The van der Waals surface area contributed by atoms with Gasteiger partial charge < -0.3 is 10.6 Å². The number of aryl methyl sites for hydroxylation is 1. The van der Waals surface area contributed by atoms with Crippen molar-refractivity contribution in [3.8, 4) is 0 Å². The molecule has 7 heteroatoms. The van der Waals surface area contributed by atoms with Gasteiger partial charge in [0.2, 0.25) is 17.2 Å². The molecular formula is C13H15BrClN5. The molecule has 0 bridgehead atoms. The Morgan fingerprint density at radius 1 is 1.20 bits per heavy atom. The normalized spacial score (nSPS) is 10.4. The Morgan fingerprint density at radius 2 is 1.95 bits per heavy atom. The van der Waals surface area contributed by atoms with Gasteiger partial charge in [0.15, 0.2) is 0 Å². The van der Waals surface area contributed by atoms with Crippen LogP contribution in [0.5, 0.6) is 0 Å². The molecule has 2 aromatic rings. The Morgan fingerprint density at radius 3 is 2.65 bits per heavy atom. The highest BCUT2D eigenvalue weighted by atomic mass is 79.9. The molecule has 1 heterocycles. The van der Waals surface area contributed by atoms with Crippen LogP contribution in [-0.4, -0.2) is 21.5 Å². The van der Waals surface area contributed by atoms with Crippen LogP contribution in [0.2, 0.25) is 5.28 Å². The van der Waals surface area contributed by atoms with Crippen molar-refractivity contribution in [2.75, 3.05) is 17.2 Å². The van der Waals surface area contributed by atoms with E-state index in [1.807, 2.05) is 25.1 Å². The lowest BCUT2D eigenvalue weighted by molar-refractivity contribution is 0.940. The Labute approximate surface area is 131 Å². The second-order valence-electron chi connectivity index (χ2n) is 4.27. The smallest absolute Gasteiger partial charge is 0.233 e. The Bertz CT molecular complexity index is 605. The van der Waals surface area contributed by atoms with Crippen molar-refractivity contribution in [1.82, 2.24) is 15.0 Å². The summed E-state index contributed by atoms with van der Waals surface area (Å²) in [5.41, 5.74) is 2.02. The van der Waals surface area contributed by atoms with Crippen molar-refractivity contribution >= 4 is 45.1 Å². The maximum Gasteiger partial charge on any atom is 0.233 e. The molecule has 2 rings (SSSR count). The molecule has 0 atom stereocenters. The van der Waals surface area contributed by atoms with E-state index < -0.39 is 0 Å². The van der Waals surface area contributed by atoms with E-state index in [0.717, 1.165) is 28.7 Å². The summed E-state index contributed by atoms with van der Waals surface area (Å²) in [4.78, 5) is 12.4. The van der Waals surface area contributed by atoms with E-state index in [1.54, 1.807) is 0 Å². The summed E-state index contributed by atoms with van der Waals surface area (Å²) in [6, 6.07) is 5.91. The van der Waals surface area contributed by atoms with Gasteiger partial charge in [0, 0.05) is 16.7 Å². The molecule has 0 saturated carbocycles. The molecule has 0 spiro atoms. The second-order valence-corrected chi connectivity index (χ2v) is 5.46. The van der Waals surface area contributed by atoms with E-state index in [2.05, 4.69) is 48.4 Å². The fourth-order valence-corrected chi connectivity index (χ4v) is 1.98. The van der Waals surface area contributed by atoms with Crippen LogP contribution in [0.4, 0.5) is 17.6 Å². The van der Waals surface area contributed by atoms with E-state index in [1.165, 1.54) is 0 Å². The van der Waals surface area contributed by atoms with Crippen LogP contribution in [0.1, 0.15) is 18.9 Å². The van der Waals surface area contributed by atoms with E-state index in [-0.39, 0.29) is 5.28 Å². The van der Waals surface area contributed by atoms with Crippen molar-refractivity contribution in [3.05, 3.63) is 33.5 Å². The van der Waals surface area contributed by atoms with Crippen molar-refractivity contribution in [2.24, 2.45) is 0 Å². The molecular weight excluding hydrogens is 342 g/mol. The number of aromatic nitrogens is 3. The first-order chi connectivity index (χ1) is 9.58. The summed E-state index contributed by atoms with van der Waals surface area (Å²) >= 11 is 9.37. The molecule has 0 radical (unpaired) electrons. The van der Waals surface area contributed by atoms with Gasteiger partial charge in [0.25, 0.3) is 0 Å². The second kappa shape index (κ2) is 6.85. The van der Waals surface area contributed by atoms with Gasteiger partial charge in [-0.2, -0.15) is 15.0 Å². The lowest BCUT2D eigenvalue weighted by Crippen LogP contribution is -2.07. The summed E-state index contributed by atoms with van der Waals surface area (Å²) in [5, 5.41) is 6.37. The van der Waals surface area contributed by atoms with Gasteiger partial charge >= 0.3 is 0 Å². The summed E-state index contributed by atoms with van der Waals surface area (Å²) in [6.45, 7) is 4.88. The van der Waals surface area contributed by atoms with Crippen LogP contribution in [0, 0.1) is 6.92 Å². The average Bonchev–Trinajstić information content (AvgIpc) is 2.40. The van der Waals surface area contributed by atoms with Crippen molar-refractivity contribution in [2.45, 2.75) is 20.3 Å². The van der Waals surface area contributed by atoms with Gasteiger partial charge in [0.05, 0.1) is 0 Å². The van der Waals surface area contributed by atoms with Gasteiger partial charge in [-0.3, -0.25) is 0 Å². The summed E-state index contributed by atoms with van der Waals surface area (Å²) in [5.74, 6) is 0.897. The minimum atomic E-state index is 0.162. The molecule has 0 fully saturated rings. The van der Waals surface area contributed by atoms with Gasteiger partial charge in [-0.15, -0.1) is 0 Å². The molecule has 0 aliphatic carbocycles. The van der Waals surface area contributed by atoms with Crippen LogP contribution < -0.4 is 10.6 Å². The molecule has 106 valence electrons. The number of hydrogen-bond donors (Lipinski definition) is 2. The van der Waals surface area contributed by atoms with Gasteiger partial charge in [0.1, 0.15) is 0 Å².